The molecule has 0 aliphatic rings. The van der Waals surface area contributed by atoms with Crippen molar-refractivity contribution in [2.75, 3.05) is 39.3 Å². The van der Waals surface area contributed by atoms with E-state index in [1.807, 2.05) is 0 Å². The minimum absolute atomic E-state index is 0.00435. The zero-order valence-electron chi connectivity index (χ0n) is 22.6. The van der Waals surface area contributed by atoms with E-state index in [4.69, 9.17) is 5.73 Å². The van der Waals surface area contributed by atoms with E-state index in [1.165, 1.54) is 6.92 Å². The average Bonchev–Trinajstić information content (AvgIpc) is 2.89. The van der Waals surface area contributed by atoms with E-state index in [9.17, 15) is 34.4 Å². The molecule has 13 heteroatoms. The monoisotopic (exact) mass is 542 g/mol. The van der Waals surface area contributed by atoms with Gasteiger partial charge in [0.2, 0.25) is 29.5 Å². The highest BCUT2D eigenvalue weighted by Gasteiger charge is 2.12. The lowest BCUT2D eigenvalue weighted by atomic mass is 10.2. The molecule has 13 nitrogen and oxygen atoms in total. The van der Waals surface area contributed by atoms with Gasteiger partial charge in [0.05, 0.1) is 6.54 Å². The molecular formula is C25H46N6O7. The summed E-state index contributed by atoms with van der Waals surface area (Å²) in [7, 11) is 0. The number of amides is 5. The number of nitrogens with zero attached hydrogens (tertiary/aromatic N) is 2. The van der Waals surface area contributed by atoms with E-state index < -0.39 is 11.8 Å². The van der Waals surface area contributed by atoms with Gasteiger partial charge in [-0.2, -0.15) is 0 Å². The van der Waals surface area contributed by atoms with E-state index in [2.05, 4.69) is 16.0 Å². The van der Waals surface area contributed by atoms with Crippen LogP contribution in [0.2, 0.25) is 0 Å². The molecule has 0 fully saturated rings. The lowest BCUT2D eigenvalue weighted by molar-refractivity contribution is -0.163. The molecule has 0 rings (SSSR count). The molecule has 0 unspecified atom stereocenters. The molecule has 38 heavy (non-hydrogen) atoms. The van der Waals surface area contributed by atoms with Gasteiger partial charge in [-0.1, -0.05) is 12.2 Å². The van der Waals surface area contributed by atoms with Crippen LogP contribution < -0.4 is 21.7 Å². The van der Waals surface area contributed by atoms with Gasteiger partial charge >= 0.3 is 0 Å². The topological polar surface area (TPSA) is 194 Å². The molecule has 0 saturated carbocycles. The van der Waals surface area contributed by atoms with Crippen molar-refractivity contribution in [2.24, 2.45) is 5.73 Å². The number of carbonyl (C=O) groups excluding carboxylic acids is 5. The zero-order valence-corrected chi connectivity index (χ0v) is 22.6. The second-order valence-electron chi connectivity index (χ2n) is 8.84. The maximum atomic E-state index is 11.9. The molecule has 0 aromatic carbocycles. The maximum absolute atomic E-state index is 11.9. The van der Waals surface area contributed by atoms with Crippen LogP contribution in [-0.2, 0) is 24.0 Å². The lowest BCUT2D eigenvalue weighted by Crippen LogP contribution is -2.30. The largest absolute Gasteiger partial charge is 0.356 e. The summed E-state index contributed by atoms with van der Waals surface area (Å²) in [5.74, 6) is -1.58. The first-order chi connectivity index (χ1) is 18.2. The van der Waals surface area contributed by atoms with Crippen molar-refractivity contribution in [1.82, 2.24) is 26.1 Å². The van der Waals surface area contributed by atoms with Gasteiger partial charge in [0, 0.05) is 58.8 Å². The van der Waals surface area contributed by atoms with Gasteiger partial charge in [-0.15, -0.1) is 0 Å². The Morgan fingerprint density at radius 2 is 1.16 bits per heavy atom. The van der Waals surface area contributed by atoms with E-state index in [-0.39, 0.29) is 56.5 Å². The molecule has 0 atom stereocenters. The van der Waals surface area contributed by atoms with Gasteiger partial charge in [-0.3, -0.25) is 34.4 Å². The van der Waals surface area contributed by atoms with Gasteiger partial charge in [-0.25, -0.2) is 10.1 Å². The second kappa shape index (κ2) is 23.1. The summed E-state index contributed by atoms with van der Waals surface area (Å²) in [6.45, 7) is 3.52. The molecule has 0 bridgehead atoms. The number of hydrogen-bond acceptors (Lipinski definition) is 8. The normalized spacial score (nSPS) is 10.7. The molecular weight excluding hydrogens is 496 g/mol. The summed E-state index contributed by atoms with van der Waals surface area (Å²) in [6.07, 6.45) is 8.56. The highest BCUT2D eigenvalue weighted by molar-refractivity contribution is 5.84. The van der Waals surface area contributed by atoms with Crippen LogP contribution in [0, 0.1) is 0 Å². The molecule has 5 amide bonds. The van der Waals surface area contributed by atoms with Gasteiger partial charge in [-0.05, 0) is 51.5 Å². The Morgan fingerprint density at radius 1 is 0.684 bits per heavy atom. The Kier molecular flexibility index (Phi) is 21.3. The summed E-state index contributed by atoms with van der Waals surface area (Å²) < 4.78 is 0. The van der Waals surface area contributed by atoms with E-state index in [0.717, 1.165) is 32.1 Å². The summed E-state index contributed by atoms with van der Waals surface area (Å²) in [6, 6.07) is 0. The standard InChI is InChI=1S/C25H46N6O7/c1-21(32)30(37)19-10-4-8-18-28-23(34)12-11-22(33)27-16-6-3-7-17-29-24(35)13-14-25(36)31(38)20-9-2-5-15-26/h2,9,37-38H,3-8,10-20,26H2,1H3,(H,27,33)(H,28,34)(H,29,35)/b9-2+. The number of hydrogen-bond donors (Lipinski definition) is 6. The third-order valence-electron chi connectivity index (χ3n) is 5.44. The van der Waals surface area contributed by atoms with Crippen molar-refractivity contribution in [3.05, 3.63) is 12.2 Å². The van der Waals surface area contributed by atoms with Crippen LogP contribution in [0.3, 0.4) is 0 Å². The Morgan fingerprint density at radius 3 is 1.63 bits per heavy atom. The number of unbranched alkanes of at least 4 members (excludes halogenated alkanes) is 4. The van der Waals surface area contributed by atoms with Crippen LogP contribution >= 0.6 is 0 Å². The van der Waals surface area contributed by atoms with Crippen molar-refractivity contribution in [2.45, 2.75) is 77.6 Å². The molecule has 218 valence electrons. The average molecular weight is 543 g/mol. The van der Waals surface area contributed by atoms with Crippen LogP contribution in [0.25, 0.3) is 0 Å². The van der Waals surface area contributed by atoms with E-state index in [0.29, 0.717) is 49.1 Å². The van der Waals surface area contributed by atoms with Gasteiger partial charge in [0.15, 0.2) is 0 Å². The molecule has 7 N–H and O–H groups in total. The molecule has 0 aliphatic heterocycles. The predicted molar refractivity (Wildman–Crippen MR) is 141 cm³/mol. The van der Waals surface area contributed by atoms with Gasteiger partial charge < -0.3 is 21.7 Å². The van der Waals surface area contributed by atoms with Crippen LogP contribution in [0.1, 0.15) is 77.6 Å². The first kappa shape index (κ1) is 35.0. The first-order valence-electron chi connectivity index (χ1n) is 13.3. The third kappa shape index (κ3) is 21.1. The first-order valence-corrected chi connectivity index (χ1v) is 13.3. The smallest absolute Gasteiger partial charge is 0.246 e. The van der Waals surface area contributed by atoms with Crippen LogP contribution in [0.4, 0.5) is 0 Å². The number of rotatable bonds is 22. The Balaban J connectivity index is 3.63. The Bertz CT molecular complexity index is 748. The summed E-state index contributed by atoms with van der Waals surface area (Å²) >= 11 is 0. The molecule has 0 aliphatic carbocycles. The SMILES string of the molecule is CC(=O)N(O)CCCCCNC(=O)CCC(=O)NCCCCCNC(=O)CCC(=O)N(O)C/C=C/CCN. The van der Waals surface area contributed by atoms with Crippen LogP contribution in [0.15, 0.2) is 12.2 Å². The third-order valence-corrected chi connectivity index (χ3v) is 5.44. The Labute approximate surface area is 225 Å². The lowest BCUT2D eigenvalue weighted by Gasteiger charge is -2.12. The highest BCUT2D eigenvalue weighted by Crippen LogP contribution is 1.99. The van der Waals surface area contributed by atoms with Crippen molar-refractivity contribution in [3.8, 4) is 0 Å². The van der Waals surface area contributed by atoms with Crippen molar-refractivity contribution in [3.63, 3.8) is 0 Å². The number of nitrogens with one attached hydrogen (secondary N) is 3. The minimum atomic E-state index is -0.525. The highest BCUT2D eigenvalue weighted by atomic mass is 16.5. The fourth-order valence-electron chi connectivity index (χ4n) is 3.16. The van der Waals surface area contributed by atoms with Gasteiger partial charge in [0.1, 0.15) is 0 Å². The second-order valence-corrected chi connectivity index (χ2v) is 8.84. The fourth-order valence-corrected chi connectivity index (χ4v) is 3.16. The molecule has 0 aromatic rings. The van der Waals surface area contributed by atoms with Crippen LogP contribution in [-0.4, -0.2) is 89.3 Å². The Hall–Kier alpha value is -3.03. The predicted octanol–water partition coefficient (Wildman–Crippen LogP) is 0.597. The van der Waals surface area contributed by atoms with Gasteiger partial charge in [0.25, 0.3) is 0 Å². The summed E-state index contributed by atoms with van der Waals surface area (Å²) in [5, 5.41) is 28.3. The van der Waals surface area contributed by atoms with E-state index in [1.54, 1.807) is 12.2 Å². The number of carbonyl (C=O) groups is 5. The molecule has 0 saturated heterocycles. The maximum Gasteiger partial charge on any atom is 0.246 e. The van der Waals surface area contributed by atoms with Crippen molar-refractivity contribution < 1.29 is 34.4 Å². The zero-order chi connectivity index (χ0) is 28.6. The number of nitrogens with two attached hydrogens (primary N) is 1. The van der Waals surface area contributed by atoms with Crippen molar-refractivity contribution >= 4 is 29.5 Å². The minimum Gasteiger partial charge on any atom is -0.356 e. The fraction of sp³-hybridized carbons (Fsp3) is 0.720. The molecule has 0 aromatic heterocycles. The molecule has 0 radical (unpaired) electrons. The quantitative estimate of drug-likeness (QED) is 0.0495. The summed E-state index contributed by atoms with van der Waals surface area (Å²) in [5.41, 5.74) is 5.35. The van der Waals surface area contributed by atoms with Crippen LogP contribution in [0.5, 0.6) is 0 Å². The molecule has 0 spiro atoms. The summed E-state index contributed by atoms with van der Waals surface area (Å²) in [4.78, 5) is 58.1. The van der Waals surface area contributed by atoms with Crippen molar-refractivity contribution in [1.29, 1.82) is 0 Å². The van der Waals surface area contributed by atoms with E-state index >= 15 is 0 Å². The molecule has 0 heterocycles. The number of hydroxylamine groups is 4.